The molecular weight excluding hydrogens is 248 g/mol. The monoisotopic (exact) mass is 272 g/mol. The SMILES string of the molecule is O=C(O)CCCNC(=O)CN(CCCO)C1CCC1. The average Bonchev–Trinajstić information content (AvgIpc) is 2.29. The van der Waals surface area contributed by atoms with E-state index in [0.29, 0.717) is 32.0 Å². The maximum absolute atomic E-state index is 11.7. The molecule has 0 bridgehead atoms. The molecule has 1 aliphatic carbocycles. The summed E-state index contributed by atoms with van der Waals surface area (Å²) in [6, 6.07) is 0.469. The normalized spacial score (nSPS) is 15.3. The molecule has 1 amide bonds. The van der Waals surface area contributed by atoms with Crippen LogP contribution in [0.25, 0.3) is 0 Å². The van der Waals surface area contributed by atoms with Gasteiger partial charge in [0, 0.05) is 32.2 Å². The summed E-state index contributed by atoms with van der Waals surface area (Å²) in [7, 11) is 0. The van der Waals surface area contributed by atoms with Crippen LogP contribution in [-0.4, -0.2) is 59.3 Å². The highest BCUT2D eigenvalue weighted by Crippen LogP contribution is 2.24. The number of nitrogens with one attached hydrogen (secondary N) is 1. The summed E-state index contributed by atoms with van der Waals surface area (Å²) >= 11 is 0. The van der Waals surface area contributed by atoms with E-state index in [1.54, 1.807) is 0 Å². The number of hydrogen-bond acceptors (Lipinski definition) is 4. The second-order valence-corrected chi connectivity index (χ2v) is 4.98. The Balaban J connectivity index is 2.20. The summed E-state index contributed by atoms with van der Waals surface area (Å²) in [6.45, 7) is 1.63. The first-order valence-electron chi connectivity index (χ1n) is 6.97. The molecule has 1 saturated carbocycles. The lowest BCUT2D eigenvalue weighted by molar-refractivity contribution is -0.137. The number of carbonyl (C=O) groups is 2. The van der Waals surface area contributed by atoms with Crippen molar-refractivity contribution in [3.8, 4) is 0 Å². The van der Waals surface area contributed by atoms with Gasteiger partial charge >= 0.3 is 5.97 Å². The molecule has 1 fully saturated rings. The minimum Gasteiger partial charge on any atom is -0.481 e. The molecule has 1 aliphatic rings. The van der Waals surface area contributed by atoms with Crippen molar-refractivity contribution in [2.24, 2.45) is 0 Å². The average molecular weight is 272 g/mol. The van der Waals surface area contributed by atoms with Crippen LogP contribution in [0.1, 0.15) is 38.5 Å². The Kier molecular flexibility index (Phi) is 7.43. The number of aliphatic hydroxyl groups is 1. The first-order valence-corrected chi connectivity index (χ1v) is 6.97. The number of amides is 1. The van der Waals surface area contributed by atoms with E-state index in [1.807, 2.05) is 0 Å². The molecule has 0 aliphatic heterocycles. The van der Waals surface area contributed by atoms with Crippen molar-refractivity contribution in [1.29, 1.82) is 0 Å². The minimum atomic E-state index is -0.840. The minimum absolute atomic E-state index is 0.0600. The summed E-state index contributed by atoms with van der Waals surface area (Å²) in [4.78, 5) is 24.2. The Morgan fingerprint density at radius 1 is 1.26 bits per heavy atom. The molecule has 0 unspecified atom stereocenters. The smallest absolute Gasteiger partial charge is 0.303 e. The molecule has 0 spiro atoms. The van der Waals surface area contributed by atoms with Crippen LogP contribution in [-0.2, 0) is 9.59 Å². The molecule has 110 valence electrons. The van der Waals surface area contributed by atoms with Crippen LogP contribution in [0.2, 0.25) is 0 Å². The molecule has 3 N–H and O–H groups in total. The third-order valence-electron chi connectivity index (χ3n) is 3.43. The van der Waals surface area contributed by atoms with Crippen molar-refractivity contribution >= 4 is 11.9 Å². The molecule has 0 aromatic heterocycles. The van der Waals surface area contributed by atoms with E-state index >= 15 is 0 Å². The molecule has 0 aromatic carbocycles. The van der Waals surface area contributed by atoms with Crippen molar-refractivity contribution < 1.29 is 19.8 Å². The summed E-state index contributed by atoms with van der Waals surface area (Å²) in [5.74, 6) is -0.900. The quantitative estimate of drug-likeness (QED) is 0.494. The number of carbonyl (C=O) groups excluding carboxylic acids is 1. The van der Waals surface area contributed by atoms with Crippen molar-refractivity contribution in [2.75, 3.05) is 26.2 Å². The number of nitrogens with zero attached hydrogens (tertiary/aromatic N) is 1. The van der Waals surface area contributed by atoms with E-state index < -0.39 is 5.97 Å². The zero-order valence-corrected chi connectivity index (χ0v) is 11.3. The molecule has 0 heterocycles. The third-order valence-corrected chi connectivity index (χ3v) is 3.43. The fourth-order valence-electron chi connectivity index (χ4n) is 2.12. The molecule has 6 nitrogen and oxygen atoms in total. The Labute approximate surface area is 113 Å². The van der Waals surface area contributed by atoms with Gasteiger partial charge in [0.1, 0.15) is 0 Å². The molecule has 0 radical (unpaired) electrons. The van der Waals surface area contributed by atoms with Crippen LogP contribution in [0.3, 0.4) is 0 Å². The number of carboxylic acid groups (broad SMARTS) is 1. The highest BCUT2D eigenvalue weighted by Gasteiger charge is 2.25. The molecule has 0 aromatic rings. The Hall–Kier alpha value is -1.14. The highest BCUT2D eigenvalue weighted by atomic mass is 16.4. The first kappa shape index (κ1) is 15.9. The summed E-state index contributed by atoms with van der Waals surface area (Å²) < 4.78 is 0. The van der Waals surface area contributed by atoms with Crippen LogP contribution < -0.4 is 5.32 Å². The number of aliphatic carboxylic acids is 1. The van der Waals surface area contributed by atoms with Crippen molar-refractivity contribution in [3.63, 3.8) is 0 Å². The van der Waals surface area contributed by atoms with Crippen LogP contribution in [0.4, 0.5) is 0 Å². The summed E-state index contributed by atoms with van der Waals surface area (Å²) in [5, 5.41) is 20.1. The second kappa shape index (κ2) is 8.87. The van der Waals surface area contributed by atoms with Gasteiger partial charge in [-0.1, -0.05) is 6.42 Å². The number of aliphatic hydroxyl groups excluding tert-OH is 1. The van der Waals surface area contributed by atoms with Gasteiger partial charge in [-0.15, -0.1) is 0 Å². The molecule has 19 heavy (non-hydrogen) atoms. The molecule has 0 saturated heterocycles. The number of carboxylic acids is 1. The van der Waals surface area contributed by atoms with Gasteiger partial charge in [0.15, 0.2) is 0 Å². The zero-order valence-electron chi connectivity index (χ0n) is 11.3. The van der Waals surface area contributed by atoms with Gasteiger partial charge < -0.3 is 15.5 Å². The molecular formula is C13H24N2O4. The van der Waals surface area contributed by atoms with E-state index in [2.05, 4.69) is 10.2 Å². The second-order valence-electron chi connectivity index (χ2n) is 4.98. The van der Waals surface area contributed by atoms with E-state index in [1.165, 1.54) is 6.42 Å². The summed E-state index contributed by atoms with van der Waals surface area (Å²) in [5.41, 5.74) is 0. The van der Waals surface area contributed by atoms with Gasteiger partial charge in [-0.05, 0) is 25.7 Å². The maximum atomic E-state index is 11.7. The van der Waals surface area contributed by atoms with Gasteiger partial charge in [0.2, 0.25) is 5.91 Å². The lowest BCUT2D eigenvalue weighted by Crippen LogP contribution is -2.46. The van der Waals surface area contributed by atoms with E-state index in [4.69, 9.17) is 10.2 Å². The fraction of sp³-hybridized carbons (Fsp3) is 0.846. The van der Waals surface area contributed by atoms with E-state index in [9.17, 15) is 9.59 Å². The number of hydrogen-bond donors (Lipinski definition) is 3. The topological polar surface area (TPSA) is 89.9 Å². The molecule has 6 heteroatoms. The van der Waals surface area contributed by atoms with E-state index in [-0.39, 0.29) is 18.9 Å². The standard InChI is InChI=1S/C13H24N2O4/c16-9-3-8-15(11-4-1-5-11)10-12(17)14-7-2-6-13(18)19/h11,16H,1-10H2,(H,14,17)(H,18,19). The van der Waals surface area contributed by atoms with Gasteiger partial charge in [-0.3, -0.25) is 14.5 Å². The van der Waals surface area contributed by atoms with Gasteiger partial charge in [0.05, 0.1) is 6.54 Å². The molecule has 1 rings (SSSR count). The first-order chi connectivity index (χ1) is 9.13. The number of rotatable bonds is 10. The Morgan fingerprint density at radius 3 is 2.53 bits per heavy atom. The van der Waals surface area contributed by atoms with Crippen molar-refractivity contribution in [2.45, 2.75) is 44.6 Å². The predicted molar refractivity (Wildman–Crippen MR) is 70.8 cm³/mol. The lowest BCUT2D eigenvalue weighted by atomic mass is 9.91. The predicted octanol–water partition coefficient (Wildman–Crippen LogP) is 0.204. The molecule has 0 atom stereocenters. The fourth-order valence-corrected chi connectivity index (χ4v) is 2.12. The summed E-state index contributed by atoms with van der Waals surface area (Å²) in [6.07, 6.45) is 4.68. The van der Waals surface area contributed by atoms with Crippen LogP contribution >= 0.6 is 0 Å². The highest BCUT2D eigenvalue weighted by molar-refractivity contribution is 5.78. The van der Waals surface area contributed by atoms with E-state index in [0.717, 1.165) is 19.4 Å². The Morgan fingerprint density at radius 2 is 2.00 bits per heavy atom. The lowest BCUT2D eigenvalue weighted by Gasteiger charge is -2.37. The third kappa shape index (κ3) is 6.54. The van der Waals surface area contributed by atoms with Gasteiger partial charge in [0.25, 0.3) is 0 Å². The maximum Gasteiger partial charge on any atom is 0.303 e. The van der Waals surface area contributed by atoms with Crippen LogP contribution in [0.15, 0.2) is 0 Å². The van der Waals surface area contributed by atoms with Gasteiger partial charge in [-0.2, -0.15) is 0 Å². The van der Waals surface area contributed by atoms with Gasteiger partial charge in [-0.25, -0.2) is 0 Å². The zero-order chi connectivity index (χ0) is 14.1. The van der Waals surface area contributed by atoms with Crippen molar-refractivity contribution in [3.05, 3.63) is 0 Å². The Bertz CT molecular complexity index is 292. The largest absolute Gasteiger partial charge is 0.481 e. The van der Waals surface area contributed by atoms with Crippen LogP contribution in [0.5, 0.6) is 0 Å². The van der Waals surface area contributed by atoms with Crippen molar-refractivity contribution in [1.82, 2.24) is 10.2 Å². The van der Waals surface area contributed by atoms with Crippen LogP contribution in [0, 0.1) is 0 Å².